The van der Waals surface area contributed by atoms with Gasteiger partial charge in [0.15, 0.2) is 0 Å². The number of hydrogen-bond donors (Lipinski definition) is 1. The third-order valence-electron chi connectivity index (χ3n) is 4.84. The number of rotatable bonds is 4. The van der Waals surface area contributed by atoms with E-state index in [0.29, 0.717) is 0 Å². The molecule has 1 atom stereocenters. The monoisotopic (exact) mass is 269 g/mol. The molecule has 0 aliphatic heterocycles. The summed E-state index contributed by atoms with van der Waals surface area (Å²) in [7, 11) is 0. The van der Waals surface area contributed by atoms with E-state index in [1.807, 2.05) is 12.3 Å². The van der Waals surface area contributed by atoms with Gasteiger partial charge in [0.25, 0.3) is 0 Å². The van der Waals surface area contributed by atoms with Gasteiger partial charge in [-0.15, -0.1) is 0 Å². The van der Waals surface area contributed by atoms with Gasteiger partial charge in [-0.2, -0.15) is 0 Å². The summed E-state index contributed by atoms with van der Waals surface area (Å²) < 4.78 is 5.19. The molecular weight excluding hydrogens is 246 g/mol. The molecule has 2 N–H and O–H groups in total. The van der Waals surface area contributed by atoms with Crippen LogP contribution in [0, 0.1) is 0 Å². The second-order valence-corrected chi connectivity index (χ2v) is 6.03. The van der Waals surface area contributed by atoms with E-state index in [1.165, 1.54) is 43.2 Å². The zero-order chi connectivity index (χ0) is 13.8. The lowest BCUT2D eigenvalue weighted by Gasteiger charge is -2.42. The predicted octanol–water partition coefficient (Wildman–Crippen LogP) is 4.05. The highest BCUT2D eigenvalue weighted by Gasteiger charge is 2.39. The Morgan fingerprint density at radius 3 is 2.45 bits per heavy atom. The molecule has 3 rings (SSSR count). The average Bonchev–Trinajstić information content (AvgIpc) is 3.02. The highest BCUT2D eigenvalue weighted by molar-refractivity contribution is 5.29. The Bertz CT molecular complexity index is 512. The van der Waals surface area contributed by atoms with E-state index in [9.17, 15) is 0 Å². The highest BCUT2D eigenvalue weighted by Crippen LogP contribution is 2.42. The lowest BCUT2D eigenvalue weighted by Crippen LogP contribution is -2.48. The van der Waals surface area contributed by atoms with Crippen LogP contribution in [0.2, 0.25) is 0 Å². The largest absolute Gasteiger partial charge is 0.472 e. The van der Waals surface area contributed by atoms with Gasteiger partial charge >= 0.3 is 0 Å². The van der Waals surface area contributed by atoms with Gasteiger partial charge in [-0.3, -0.25) is 0 Å². The predicted molar refractivity (Wildman–Crippen MR) is 81.6 cm³/mol. The summed E-state index contributed by atoms with van der Waals surface area (Å²) in [6.45, 7) is 0. The molecule has 106 valence electrons. The van der Waals surface area contributed by atoms with Crippen LogP contribution in [0.1, 0.15) is 43.2 Å². The van der Waals surface area contributed by atoms with Gasteiger partial charge in [-0.1, -0.05) is 49.6 Å². The minimum absolute atomic E-state index is 0.136. The van der Waals surface area contributed by atoms with Crippen molar-refractivity contribution in [2.45, 2.75) is 50.0 Å². The van der Waals surface area contributed by atoms with E-state index in [4.69, 9.17) is 10.2 Å². The van der Waals surface area contributed by atoms with E-state index in [-0.39, 0.29) is 11.5 Å². The molecule has 1 fully saturated rings. The van der Waals surface area contributed by atoms with Gasteiger partial charge in [0.05, 0.1) is 12.5 Å². The Balaban J connectivity index is 1.89. The van der Waals surface area contributed by atoms with Crippen molar-refractivity contribution in [3.05, 3.63) is 60.1 Å². The number of benzene rings is 1. The molecule has 1 heterocycles. The summed E-state index contributed by atoms with van der Waals surface area (Å²) in [4.78, 5) is 0. The fraction of sp³-hybridized carbons (Fsp3) is 0.444. The molecule has 1 aromatic carbocycles. The maximum Gasteiger partial charge on any atom is 0.0935 e. The van der Waals surface area contributed by atoms with Gasteiger partial charge in [0.2, 0.25) is 0 Å². The van der Waals surface area contributed by atoms with E-state index in [0.717, 1.165) is 6.42 Å². The van der Waals surface area contributed by atoms with Crippen molar-refractivity contribution in [1.82, 2.24) is 0 Å². The molecule has 0 bridgehead atoms. The number of furan rings is 1. The third-order valence-corrected chi connectivity index (χ3v) is 4.84. The van der Waals surface area contributed by atoms with Crippen molar-refractivity contribution in [1.29, 1.82) is 0 Å². The van der Waals surface area contributed by atoms with Crippen LogP contribution in [-0.4, -0.2) is 6.04 Å². The zero-order valence-corrected chi connectivity index (χ0v) is 11.9. The Kier molecular flexibility index (Phi) is 3.93. The van der Waals surface area contributed by atoms with Gasteiger partial charge < -0.3 is 10.2 Å². The minimum atomic E-state index is 0.136. The molecule has 0 amide bonds. The molecule has 2 heteroatoms. The molecule has 1 unspecified atom stereocenters. The molecule has 1 aliphatic carbocycles. The second-order valence-electron chi connectivity index (χ2n) is 6.03. The molecule has 2 nitrogen and oxygen atoms in total. The molecular formula is C18H23NO. The van der Waals surface area contributed by atoms with E-state index in [1.54, 1.807) is 6.26 Å². The van der Waals surface area contributed by atoms with Crippen LogP contribution < -0.4 is 5.73 Å². The lowest BCUT2D eigenvalue weighted by atomic mass is 9.64. The van der Waals surface area contributed by atoms with Crippen molar-refractivity contribution >= 4 is 0 Å². The van der Waals surface area contributed by atoms with E-state index < -0.39 is 0 Å². The lowest BCUT2D eigenvalue weighted by molar-refractivity contribution is 0.240. The van der Waals surface area contributed by atoms with Gasteiger partial charge in [-0.25, -0.2) is 0 Å². The van der Waals surface area contributed by atoms with Gasteiger partial charge in [0.1, 0.15) is 0 Å². The van der Waals surface area contributed by atoms with Crippen molar-refractivity contribution in [2.24, 2.45) is 5.73 Å². The number of nitrogens with two attached hydrogens (primary N) is 1. The fourth-order valence-electron chi connectivity index (χ4n) is 3.68. The maximum absolute atomic E-state index is 6.66. The SMILES string of the molecule is NC(Cc1ccoc1)C1(c2ccccc2)CCCCC1. The second kappa shape index (κ2) is 5.84. The van der Waals surface area contributed by atoms with Crippen molar-refractivity contribution in [3.63, 3.8) is 0 Å². The van der Waals surface area contributed by atoms with Crippen molar-refractivity contribution < 1.29 is 4.42 Å². The first kappa shape index (κ1) is 13.4. The highest BCUT2D eigenvalue weighted by atomic mass is 16.3. The molecule has 2 aromatic rings. The molecule has 1 aliphatic rings. The smallest absolute Gasteiger partial charge is 0.0935 e. The molecule has 1 saturated carbocycles. The van der Waals surface area contributed by atoms with E-state index in [2.05, 4.69) is 30.3 Å². The summed E-state index contributed by atoms with van der Waals surface area (Å²) >= 11 is 0. The summed E-state index contributed by atoms with van der Waals surface area (Å²) in [6, 6.07) is 13.0. The van der Waals surface area contributed by atoms with Gasteiger partial charge in [-0.05, 0) is 36.5 Å². The topological polar surface area (TPSA) is 39.2 Å². The zero-order valence-electron chi connectivity index (χ0n) is 11.9. The Labute approximate surface area is 121 Å². The summed E-state index contributed by atoms with van der Waals surface area (Å²) in [5, 5.41) is 0. The van der Waals surface area contributed by atoms with E-state index >= 15 is 0 Å². The summed E-state index contributed by atoms with van der Waals surface area (Å²) in [5.41, 5.74) is 9.42. The Morgan fingerprint density at radius 1 is 1.05 bits per heavy atom. The maximum atomic E-state index is 6.66. The van der Waals surface area contributed by atoms with Crippen LogP contribution in [0.4, 0.5) is 0 Å². The van der Waals surface area contributed by atoms with Crippen LogP contribution in [0.5, 0.6) is 0 Å². The third kappa shape index (κ3) is 2.53. The number of hydrogen-bond acceptors (Lipinski definition) is 2. The average molecular weight is 269 g/mol. The first-order valence-electron chi connectivity index (χ1n) is 7.63. The Morgan fingerprint density at radius 2 is 1.80 bits per heavy atom. The fourth-order valence-corrected chi connectivity index (χ4v) is 3.68. The molecule has 1 aromatic heterocycles. The van der Waals surface area contributed by atoms with Crippen molar-refractivity contribution in [2.75, 3.05) is 0 Å². The summed E-state index contributed by atoms with van der Waals surface area (Å²) in [6.07, 6.45) is 10.8. The van der Waals surface area contributed by atoms with Crippen LogP contribution in [-0.2, 0) is 11.8 Å². The molecule has 0 saturated heterocycles. The minimum Gasteiger partial charge on any atom is -0.472 e. The van der Waals surface area contributed by atoms with Crippen LogP contribution >= 0.6 is 0 Å². The van der Waals surface area contributed by atoms with Crippen molar-refractivity contribution in [3.8, 4) is 0 Å². The van der Waals surface area contributed by atoms with Crippen LogP contribution in [0.15, 0.2) is 53.3 Å². The quantitative estimate of drug-likeness (QED) is 0.909. The van der Waals surface area contributed by atoms with Crippen LogP contribution in [0.3, 0.4) is 0 Å². The molecule has 20 heavy (non-hydrogen) atoms. The first-order valence-corrected chi connectivity index (χ1v) is 7.63. The first-order chi connectivity index (χ1) is 9.81. The molecule has 0 spiro atoms. The summed E-state index contributed by atoms with van der Waals surface area (Å²) in [5.74, 6) is 0. The van der Waals surface area contributed by atoms with Gasteiger partial charge in [0, 0.05) is 11.5 Å². The molecule has 0 radical (unpaired) electrons. The van der Waals surface area contributed by atoms with Crippen LogP contribution in [0.25, 0.3) is 0 Å². The normalized spacial score (nSPS) is 19.6. The standard InChI is InChI=1S/C18H23NO/c19-17(13-15-9-12-20-14-15)18(10-5-2-6-11-18)16-7-3-1-4-8-16/h1,3-4,7-9,12,14,17H,2,5-6,10-11,13,19H2. The Hall–Kier alpha value is -1.54.